The van der Waals surface area contributed by atoms with E-state index in [-0.39, 0.29) is 0 Å². The number of nitrogens with one attached hydrogen (secondary N) is 2. The average molecular weight is 206 g/mol. The molecule has 1 aliphatic rings. The van der Waals surface area contributed by atoms with Crippen LogP contribution >= 0.6 is 0 Å². The molecule has 0 radical (unpaired) electrons. The number of hydrogen-bond acceptors (Lipinski definition) is 4. The molecule has 2 heterocycles. The van der Waals surface area contributed by atoms with Crippen LogP contribution in [0.3, 0.4) is 0 Å². The molecule has 0 spiro atoms. The molecular formula is C11H18N4. The summed E-state index contributed by atoms with van der Waals surface area (Å²) in [7, 11) is 0. The van der Waals surface area contributed by atoms with E-state index < -0.39 is 0 Å². The Morgan fingerprint density at radius 2 is 2.33 bits per heavy atom. The van der Waals surface area contributed by atoms with Gasteiger partial charge in [0, 0.05) is 18.3 Å². The molecule has 0 saturated carbocycles. The number of hydrogen-bond donors (Lipinski definition) is 2. The zero-order chi connectivity index (χ0) is 10.7. The van der Waals surface area contributed by atoms with Crippen molar-refractivity contribution in [3.63, 3.8) is 0 Å². The molecule has 1 aliphatic heterocycles. The molecule has 0 bridgehead atoms. The Morgan fingerprint density at radius 3 is 3.00 bits per heavy atom. The maximum absolute atomic E-state index is 4.35. The van der Waals surface area contributed by atoms with Crippen LogP contribution in [0.5, 0.6) is 0 Å². The van der Waals surface area contributed by atoms with Crippen LogP contribution in [0.25, 0.3) is 0 Å². The van der Waals surface area contributed by atoms with Gasteiger partial charge in [-0.15, -0.1) is 0 Å². The summed E-state index contributed by atoms with van der Waals surface area (Å²) >= 11 is 0. The Morgan fingerprint density at radius 1 is 1.47 bits per heavy atom. The van der Waals surface area contributed by atoms with Gasteiger partial charge in [-0.2, -0.15) is 0 Å². The fraction of sp³-hybridized carbons (Fsp3) is 0.636. The molecule has 0 amide bonds. The van der Waals surface area contributed by atoms with Gasteiger partial charge in [-0.3, -0.25) is 0 Å². The highest BCUT2D eigenvalue weighted by atomic mass is 15.0. The molecule has 1 fully saturated rings. The zero-order valence-electron chi connectivity index (χ0n) is 9.38. The topological polar surface area (TPSA) is 49.8 Å². The molecule has 1 saturated heterocycles. The minimum atomic E-state index is 0.737. The molecule has 1 aromatic rings. The quantitative estimate of drug-likeness (QED) is 0.778. The first-order valence-corrected chi connectivity index (χ1v) is 5.51. The summed E-state index contributed by atoms with van der Waals surface area (Å²) in [5.41, 5.74) is 1.02. The van der Waals surface area contributed by atoms with Crippen molar-refractivity contribution in [1.29, 1.82) is 0 Å². The minimum absolute atomic E-state index is 0.737. The summed E-state index contributed by atoms with van der Waals surface area (Å²) in [5, 5.41) is 6.74. The predicted octanol–water partition coefficient (Wildman–Crippen LogP) is 1.11. The van der Waals surface area contributed by atoms with Crippen molar-refractivity contribution in [3.8, 4) is 0 Å². The van der Waals surface area contributed by atoms with E-state index in [2.05, 4.69) is 20.6 Å². The van der Waals surface area contributed by atoms with Gasteiger partial charge in [0.2, 0.25) is 0 Å². The molecule has 82 valence electrons. The van der Waals surface area contributed by atoms with Crippen LogP contribution in [0.2, 0.25) is 0 Å². The summed E-state index contributed by atoms with van der Waals surface area (Å²) in [6.45, 7) is 7.19. The van der Waals surface area contributed by atoms with Crippen LogP contribution in [0.15, 0.2) is 6.07 Å². The standard InChI is InChI=1S/C11H18N4/c1-8-5-11(15-9(2)14-8)13-7-10-3-4-12-6-10/h5,10,12H,3-4,6-7H2,1-2H3,(H,13,14,15). The second-order valence-corrected chi connectivity index (χ2v) is 4.18. The Bertz CT molecular complexity index is 311. The van der Waals surface area contributed by atoms with Gasteiger partial charge in [0.15, 0.2) is 0 Å². The lowest BCUT2D eigenvalue weighted by atomic mass is 10.1. The summed E-state index contributed by atoms with van der Waals surface area (Å²) in [6.07, 6.45) is 1.26. The molecule has 2 rings (SSSR count). The predicted molar refractivity (Wildman–Crippen MR) is 61.0 cm³/mol. The van der Waals surface area contributed by atoms with Crippen LogP contribution in [0.1, 0.15) is 17.9 Å². The highest BCUT2D eigenvalue weighted by Crippen LogP contribution is 2.10. The molecule has 0 aromatic carbocycles. The highest BCUT2D eigenvalue weighted by molar-refractivity contribution is 5.35. The number of anilines is 1. The van der Waals surface area contributed by atoms with Crippen molar-refractivity contribution in [2.24, 2.45) is 5.92 Å². The van der Waals surface area contributed by atoms with E-state index >= 15 is 0 Å². The molecule has 15 heavy (non-hydrogen) atoms. The van der Waals surface area contributed by atoms with Crippen LogP contribution in [0.4, 0.5) is 5.82 Å². The van der Waals surface area contributed by atoms with Gasteiger partial charge in [0.1, 0.15) is 11.6 Å². The molecule has 2 N–H and O–H groups in total. The smallest absolute Gasteiger partial charge is 0.129 e. The fourth-order valence-corrected chi connectivity index (χ4v) is 1.95. The molecule has 4 nitrogen and oxygen atoms in total. The average Bonchev–Trinajstić information content (AvgIpc) is 2.65. The molecule has 0 aliphatic carbocycles. The highest BCUT2D eigenvalue weighted by Gasteiger charge is 2.13. The van der Waals surface area contributed by atoms with Gasteiger partial charge in [-0.25, -0.2) is 9.97 Å². The van der Waals surface area contributed by atoms with Gasteiger partial charge < -0.3 is 10.6 Å². The first kappa shape index (κ1) is 10.4. The third-order valence-corrected chi connectivity index (χ3v) is 2.70. The Kier molecular flexibility index (Phi) is 3.16. The maximum Gasteiger partial charge on any atom is 0.129 e. The Labute approximate surface area is 90.5 Å². The van der Waals surface area contributed by atoms with Crippen LogP contribution in [0, 0.1) is 19.8 Å². The van der Waals surface area contributed by atoms with Gasteiger partial charge in [0.05, 0.1) is 0 Å². The first-order chi connectivity index (χ1) is 7.24. The fourth-order valence-electron chi connectivity index (χ4n) is 1.95. The van der Waals surface area contributed by atoms with Crippen molar-refractivity contribution >= 4 is 5.82 Å². The second kappa shape index (κ2) is 4.57. The number of aromatic nitrogens is 2. The molecule has 1 aromatic heterocycles. The summed E-state index contributed by atoms with van der Waals surface area (Å²) in [5.74, 6) is 2.52. The normalized spacial score (nSPS) is 20.5. The zero-order valence-corrected chi connectivity index (χ0v) is 9.38. The van der Waals surface area contributed by atoms with E-state index in [1.807, 2.05) is 19.9 Å². The van der Waals surface area contributed by atoms with Gasteiger partial charge in [-0.1, -0.05) is 0 Å². The third-order valence-electron chi connectivity index (χ3n) is 2.70. The molecular weight excluding hydrogens is 188 g/mol. The number of nitrogens with zero attached hydrogens (tertiary/aromatic N) is 2. The van der Waals surface area contributed by atoms with E-state index in [1.165, 1.54) is 6.42 Å². The Hall–Kier alpha value is -1.16. The van der Waals surface area contributed by atoms with Crippen molar-refractivity contribution in [2.45, 2.75) is 20.3 Å². The Balaban J connectivity index is 1.92. The third kappa shape index (κ3) is 2.89. The lowest BCUT2D eigenvalue weighted by Crippen LogP contribution is -2.18. The molecule has 4 heteroatoms. The largest absolute Gasteiger partial charge is 0.370 e. The van der Waals surface area contributed by atoms with E-state index in [1.54, 1.807) is 0 Å². The molecule has 1 unspecified atom stereocenters. The van der Waals surface area contributed by atoms with Crippen LogP contribution in [-0.4, -0.2) is 29.6 Å². The number of rotatable bonds is 3. The lowest BCUT2D eigenvalue weighted by Gasteiger charge is -2.11. The van der Waals surface area contributed by atoms with Gasteiger partial charge >= 0.3 is 0 Å². The van der Waals surface area contributed by atoms with Crippen molar-refractivity contribution in [2.75, 3.05) is 25.0 Å². The summed E-state index contributed by atoms with van der Waals surface area (Å²) in [4.78, 5) is 8.60. The van der Waals surface area contributed by atoms with E-state index in [4.69, 9.17) is 0 Å². The minimum Gasteiger partial charge on any atom is -0.370 e. The summed E-state index contributed by atoms with van der Waals surface area (Å²) in [6, 6.07) is 2.00. The van der Waals surface area contributed by atoms with Crippen molar-refractivity contribution in [3.05, 3.63) is 17.6 Å². The number of aryl methyl sites for hydroxylation is 2. The second-order valence-electron chi connectivity index (χ2n) is 4.18. The van der Waals surface area contributed by atoms with Crippen LogP contribution in [-0.2, 0) is 0 Å². The van der Waals surface area contributed by atoms with E-state index in [0.717, 1.165) is 42.9 Å². The van der Waals surface area contributed by atoms with Gasteiger partial charge in [-0.05, 0) is 39.3 Å². The summed E-state index contributed by atoms with van der Waals surface area (Å²) < 4.78 is 0. The van der Waals surface area contributed by atoms with Crippen molar-refractivity contribution in [1.82, 2.24) is 15.3 Å². The SMILES string of the molecule is Cc1cc(NCC2CCNC2)nc(C)n1. The first-order valence-electron chi connectivity index (χ1n) is 5.51. The van der Waals surface area contributed by atoms with E-state index in [9.17, 15) is 0 Å². The van der Waals surface area contributed by atoms with Crippen molar-refractivity contribution < 1.29 is 0 Å². The molecule has 1 atom stereocenters. The van der Waals surface area contributed by atoms with Crippen LogP contribution < -0.4 is 10.6 Å². The van der Waals surface area contributed by atoms with Gasteiger partial charge in [0.25, 0.3) is 0 Å². The van der Waals surface area contributed by atoms with E-state index in [0.29, 0.717) is 0 Å². The lowest BCUT2D eigenvalue weighted by molar-refractivity contribution is 0.614. The maximum atomic E-state index is 4.35. The monoisotopic (exact) mass is 206 g/mol.